The maximum absolute atomic E-state index is 14.5. The summed E-state index contributed by atoms with van der Waals surface area (Å²) in [6, 6.07) is 15.3. The second-order valence-electron chi connectivity index (χ2n) is 13.3. The van der Waals surface area contributed by atoms with Crippen LogP contribution in [0.15, 0.2) is 49.1 Å². The van der Waals surface area contributed by atoms with Gasteiger partial charge >= 0.3 is 6.01 Å². The lowest BCUT2D eigenvalue weighted by Gasteiger charge is -2.41. The average Bonchev–Trinajstić information content (AvgIpc) is 3.38. The van der Waals surface area contributed by atoms with E-state index in [-0.39, 0.29) is 29.9 Å². The predicted octanol–water partition coefficient (Wildman–Crippen LogP) is 5.03. The van der Waals surface area contributed by atoms with E-state index < -0.39 is 6.17 Å². The molecule has 4 heterocycles. The lowest BCUT2D eigenvalue weighted by molar-refractivity contribution is -0.128. The Kier molecular flexibility index (Phi) is 6.60. The summed E-state index contributed by atoms with van der Waals surface area (Å²) in [6.45, 7) is 6.86. The monoisotopic (exact) mass is 592 g/mol. The molecule has 5 aliphatic rings. The van der Waals surface area contributed by atoms with Gasteiger partial charge in [-0.15, -0.1) is 0 Å². The Morgan fingerprint density at radius 3 is 2.98 bits per heavy atom. The van der Waals surface area contributed by atoms with Gasteiger partial charge in [-0.1, -0.05) is 30.8 Å². The average molecular weight is 593 g/mol. The van der Waals surface area contributed by atoms with E-state index in [1.807, 2.05) is 0 Å². The zero-order valence-corrected chi connectivity index (χ0v) is 24.9. The summed E-state index contributed by atoms with van der Waals surface area (Å²) in [4.78, 5) is 28.6. The zero-order chi connectivity index (χ0) is 30.0. The number of anilines is 1. The lowest BCUT2D eigenvalue weighted by atomic mass is 9.94. The molecule has 8 nitrogen and oxygen atoms in total. The van der Waals surface area contributed by atoms with E-state index in [0.717, 1.165) is 59.9 Å². The molecule has 3 aliphatic heterocycles. The minimum absolute atomic E-state index is 0.165. The highest BCUT2D eigenvalue weighted by Crippen LogP contribution is 2.57. The smallest absolute Gasteiger partial charge is 0.319 e. The lowest BCUT2D eigenvalue weighted by Crippen LogP contribution is -2.55. The van der Waals surface area contributed by atoms with Crippen LogP contribution in [-0.2, 0) is 11.2 Å². The number of rotatable bonds is 7. The number of carbonyl (C=O) groups excluding carboxylic acids is 1. The van der Waals surface area contributed by atoms with Crippen molar-refractivity contribution in [3.05, 3.63) is 60.2 Å². The summed E-state index contributed by atoms with van der Waals surface area (Å²) < 4.78 is 20.9. The van der Waals surface area contributed by atoms with Gasteiger partial charge < -0.3 is 14.5 Å². The van der Waals surface area contributed by atoms with Gasteiger partial charge in [0.05, 0.1) is 29.6 Å². The fraction of sp³-hybridized carbons (Fsp3) is 0.486. The van der Waals surface area contributed by atoms with Crippen molar-refractivity contribution in [3.8, 4) is 23.2 Å². The Balaban J connectivity index is 1.17. The van der Waals surface area contributed by atoms with Crippen LogP contribution >= 0.6 is 0 Å². The third-order valence-corrected chi connectivity index (χ3v) is 10.8. The van der Waals surface area contributed by atoms with E-state index in [9.17, 15) is 14.4 Å². The van der Waals surface area contributed by atoms with Crippen molar-refractivity contribution in [2.24, 2.45) is 5.92 Å². The van der Waals surface area contributed by atoms with Crippen molar-refractivity contribution in [3.63, 3.8) is 0 Å². The first-order valence-electron chi connectivity index (χ1n) is 16.0. The topological polar surface area (TPSA) is 85.6 Å². The molecule has 226 valence electrons. The van der Waals surface area contributed by atoms with Crippen LogP contribution in [0.3, 0.4) is 0 Å². The first-order chi connectivity index (χ1) is 21.5. The normalized spacial score (nSPS) is 28.8. The fourth-order valence-electron chi connectivity index (χ4n) is 8.51. The molecule has 3 saturated heterocycles. The molecule has 0 spiro atoms. The summed E-state index contributed by atoms with van der Waals surface area (Å²) in [5.74, 6) is 2.09. The summed E-state index contributed by atoms with van der Waals surface area (Å²) >= 11 is 0. The van der Waals surface area contributed by atoms with Gasteiger partial charge in [-0.3, -0.25) is 9.69 Å². The van der Waals surface area contributed by atoms with Crippen LogP contribution in [0.4, 0.5) is 10.2 Å². The molecule has 0 radical (unpaired) electrons. The summed E-state index contributed by atoms with van der Waals surface area (Å²) in [7, 11) is 0. The fourth-order valence-corrected chi connectivity index (χ4v) is 8.51. The third-order valence-electron chi connectivity index (χ3n) is 10.8. The standard InChI is InChI=1S/C35H37FN6O2/c1-2-32(43)42-14-13-40(20-25(42)9-11-37)33-28-8-7-22(26-5-3-6-27-29-15-23(29)16-30(26)27)17-31(28)38-34(39-33)44-21-35-10-4-12-41(35)19-24(36)18-35/h2-3,5-8,17,23-25,29H,1,4,9-10,12-16,18-21H2/t23-,24+,25-,29-,35-/m0/s1. The van der Waals surface area contributed by atoms with Crippen LogP contribution < -0.4 is 9.64 Å². The molecule has 1 amide bonds. The van der Waals surface area contributed by atoms with Crippen molar-refractivity contribution >= 4 is 22.6 Å². The van der Waals surface area contributed by atoms with Crippen LogP contribution in [0.2, 0.25) is 0 Å². The highest BCUT2D eigenvalue weighted by Gasteiger charge is 2.49. The number of piperazine rings is 1. The van der Waals surface area contributed by atoms with E-state index in [2.05, 4.69) is 58.8 Å². The molecule has 0 unspecified atom stereocenters. The number of carbonyl (C=O) groups is 1. The van der Waals surface area contributed by atoms with Gasteiger partial charge in [0.1, 0.15) is 18.6 Å². The number of nitrogens with zero attached hydrogens (tertiary/aromatic N) is 6. The molecular weight excluding hydrogens is 555 g/mol. The minimum Gasteiger partial charge on any atom is -0.461 e. The second-order valence-corrected chi connectivity index (χ2v) is 13.3. The molecule has 0 bridgehead atoms. The maximum atomic E-state index is 14.5. The van der Waals surface area contributed by atoms with Crippen LogP contribution in [0.25, 0.3) is 22.0 Å². The SMILES string of the molecule is C=CC(=O)N1CCN(c2nc(OC[C@@]34CCCN3C[C@H](F)C4)nc3cc(-c4cccc5c4C[C@@H]4C[C@H]54)ccc23)C[C@@H]1CC#N. The number of ether oxygens (including phenoxy) is 1. The van der Waals surface area contributed by atoms with Gasteiger partial charge in [0.15, 0.2) is 0 Å². The van der Waals surface area contributed by atoms with E-state index in [1.165, 1.54) is 29.2 Å². The number of amides is 1. The Morgan fingerprint density at radius 2 is 2.11 bits per heavy atom. The molecular formula is C35H37FN6O2. The van der Waals surface area contributed by atoms with Crippen molar-refractivity contribution in [1.82, 2.24) is 19.8 Å². The van der Waals surface area contributed by atoms with Crippen molar-refractivity contribution in [2.45, 2.75) is 62.2 Å². The molecule has 8 rings (SSSR count). The van der Waals surface area contributed by atoms with Gasteiger partial charge in [0, 0.05) is 38.0 Å². The van der Waals surface area contributed by atoms with Gasteiger partial charge in [0.2, 0.25) is 5.91 Å². The molecule has 1 aromatic heterocycles. The van der Waals surface area contributed by atoms with Crippen molar-refractivity contribution < 1.29 is 13.9 Å². The highest BCUT2D eigenvalue weighted by molar-refractivity contribution is 5.94. The Bertz CT molecular complexity index is 1700. The first-order valence-corrected chi connectivity index (χ1v) is 16.0. The van der Waals surface area contributed by atoms with E-state index >= 15 is 0 Å². The molecule has 44 heavy (non-hydrogen) atoms. The minimum atomic E-state index is -0.834. The summed E-state index contributed by atoms with van der Waals surface area (Å²) in [5, 5.41) is 10.4. The van der Waals surface area contributed by atoms with E-state index in [4.69, 9.17) is 14.7 Å². The van der Waals surface area contributed by atoms with Crippen LogP contribution in [0, 0.1) is 17.2 Å². The molecule has 0 N–H and O–H groups in total. The van der Waals surface area contributed by atoms with Gasteiger partial charge in [0.25, 0.3) is 0 Å². The molecule has 5 atom stereocenters. The number of fused-ring (bicyclic) bond motifs is 5. The van der Waals surface area contributed by atoms with Crippen molar-refractivity contribution in [2.75, 3.05) is 44.2 Å². The zero-order valence-electron chi connectivity index (χ0n) is 24.9. The van der Waals surface area contributed by atoms with Crippen LogP contribution in [0.5, 0.6) is 6.01 Å². The van der Waals surface area contributed by atoms with Gasteiger partial charge in [-0.2, -0.15) is 15.2 Å². The maximum Gasteiger partial charge on any atom is 0.319 e. The van der Waals surface area contributed by atoms with Gasteiger partial charge in [-0.25, -0.2) is 4.39 Å². The number of halogens is 1. The Labute approximate surface area is 257 Å². The predicted molar refractivity (Wildman–Crippen MR) is 166 cm³/mol. The van der Waals surface area contributed by atoms with Gasteiger partial charge in [-0.05, 0) is 84.5 Å². The van der Waals surface area contributed by atoms with E-state index in [1.54, 1.807) is 4.90 Å². The largest absolute Gasteiger partial charge is 0.461 e. The molecule has 2 aliphatic carbocycles. The number of hydrogen-bond donors (Lipinski definition) is 0. The molecule has 2 aromatic carbocycles. The van der Waals surface area contributed by atoms with Crippen molar-refractivity contribution in [1.29, 1.82) is 5.26 Å². The van der Waals surface area contributed by atoms with Crippen LogP contribution in [-0.4, -0.2) is 82.8 Å². The highest BCUT2D eigenvalue weighted by atomic mass is 19.1. The summed E-state index contributed by atoms with van der Waals surface area (Å²) in [5.41, 5.74) is 5.85. The molecule has 4 fully saturated rings. The Morgan fingerprint density at radius 1 is 1.20 bits per heavy atom. The number of nitriles is 1. The molecule has 3 aromatic rings. The number of alkyl halides is 1. The van der Waals surface area contributed by atoms with E-state index in [0.29, 0.717) is 39.2 Å². The first kappa shape index (κ1) is 27.5. The Hall–Kier alpha value is -4.03. The summed E-state index contributed by atoms with van der Waals surface area (Å²) in [6.07, 6.45) is 5.58. The molecule has 1 saturated carbocycles. The quantitative estimate of drug-likeness (QED) is 0.356. The molecule has 9 heteroatoms. The third kappa shape index (κ3) is 4.54. The number of benzene rings is 2. The number of aromatic nitrogens is 2. The number of hydrogen-bond acceptors (Lipinski definition) is 7. The van der Waals surface area contributed by atoms with Crippen LogP contribution in [0.1, 0.15) is 49.1 Å². The second kappa shape index (κ2) is 10.6.